The fraction of sp³-hybridized carbons (Fsp3) is 0.526. The second kappa shape index (κ2) is 6.59. The molecule has 2 aromatic rings. The first-order valence-electron chi connectivity index (χ1n) is 9.06. The summed E-state index contributed by atoms with van der Waals surface area (Å²) in [4.78, 5) is 16.9. The van der Waals surface area contributed by atoms with Crippen LogP contribution in [0.3, 0.4) is 0 Å². The molecule has 0 radical (unpaired) electrons. The van der Waals surface area contributed by atoms with E-state index >= 15 is 0 Å². The normalized spacial score (nSPS) is 23.7. The molecule has 4 rings (SSSR count). The maximum absolute atomic E-state index is 12.9. The lowest BCUT2D eigenvalue weighted by molar-refractivity contribution is -0.169. The highest BCUT2D eigenvalue weighted by molar-refractivity contribution is 5.96. The largest absolute Gasteiger partial charge is 0.378 e. The number of rotatable bonds is 6. The van der Waals surface area contributed by atoms with Crippen molar-refractivity contribution >= 4 is 5.91 Å². The van der Waals surface area contributed by atoms with E-state index in [4.69, 9.17) is 4.74 Å². The lowest BCUT2D eigenvalue weighted by Crippen LogP contribution is -2.67. The minimum atomic E-state index is 0.00180. The van der Waals surface area contributed by atoms with Crippen LogP contribution >= 0.6 is 0 Å². The van der Waals surface area contributed by atoms with Gasteiger partial charge in [-0.25, -0.2) is 9.67 Å². The second-order valence-electron chi connectivity index (χ2n) is 7.04. The third-order valence-corrected chi connectivity index (χ3v) is 5.80. The number of benzene rings is 1. The predicted octanol–water partition coefficient (Wildman–Crippen LogP) is 2.40. The molecule has 1 spiro atoms. The van der Waals surface area contributed by atoms with Crippen LogP contribution in [0.15, 0.2) is 36.9 Å². The molecular formula is C19H24N4O2. The summed E-state index contributed by atoms with van der Waals surface area (Å²) in [6.45, 7) is 3.33. The first-order chi connectivity index (χ1) is 12.2. The van der Waals surface area contributed by atoms with Crippen LogP contribution in [0, 0.1) is 5.41 Å². The molecule has 0 unspecified atom stereocenters. The lowest BCUT2D eigenvalue weighted by atomic mass is 9.51. The molecule has 6 heteroatoms. The average Bonchev–Trinajstić information content (AvgIpc) is 3.05. The van der Waals surface area contributed by atoms with Crippen LogP contribution in [-0.2, 0) is 11.3 Å². The molecule has 2 fully saturated rings. The Labute approximate surface area is 147 Å². The van der Waals surface area contributed by atoms with Gasteiger partial charge in [-0.3, -0.25) is 4.79 Å². The highest BCUT2D eigenvalue weighted by Crippen LogP contribution is 2.57. The number of ether oxygens (including phenoxy) is 1. The highest BCUT2D eigenvalue weighted by atomic mass is 16.5. The second-order valence-corrected chi connectivity index (χ2v) is 7.04. The van der Waals surface area contributed by atoms with Crippen molar-refractivity contribution in [2.75, 3.05) is 6.61 Å². The fourth-order valence-corrected chi connectivity index (χ4v) is 4.25. The van der Waals surface area contributed by atoms with Crippen LogP contribution in [0.5, 0.6) is 0 Å². The number of carbonyl (C=O) groups excluding carboxylic acids is 1. The Morgan fingerprint density at radius 1 is 1.40 bits per heavy atom. The molecule has 132 valence electrons. The summed E-state index contributed by atoms with van der Waals surface area (Å²) in [5.41, 5.74) is 1.84. The van der Waals surface area contributed by atoms with E-state index in [9.17, 15) is 4.79 Å². The van der Waals surface area contributed by atoms with Gasteiger partial charge in [0.1, 0.15) is 12.7 Å². The number of hydrogen-bond acceptors (Lipinski definition) is 4. The summed E-state index contributed by atoms with van der Waals surface area (Å²) in [7, 11) is 0. The number of aromatic nitrogens is 3. The molecule has 25 heavy (non-hydrogen) atoms. The molecule has 2 atom stereocenters. The van der Waals surface area contributed by atoms with Gasteiger partial charge in [0, 0.05) is 23.6 Å². The maximum atomic E-state index is 12.9. The molecule has 2 aliphatic rings. The summed E-state index contributed by atoms with van der Waals surface area (Å²) < 4.78 is 7.61. The van der Waals surface area contributed by atoms with E-state index in [1.54, 1.807) is 11.0 Å². The zero-order chi connectivity index (χ0) is 17.3. The summed E-state index contributed by atoms with van der Waals surface area (Å²) >= 11 is 0. The SMILES string of the molecule is CCO[C@@H]1C[C@H](NC(=O)c2ccccc2Cn2cncn2)C12CCC2. The molecule has 1 heterocycles. The van der Waals surface area contributed by atoms with Crippen molar-refractivity contribution < 1.29 is 9.53 Å². The third-order valence-electron chi connectivity index (χ3n) is 5.80. The Morgan fingerprint density at radius 2 is 2.24 bits per heavy atom. The van der Waals surface area contributed by atoms with Gasteiger partial charge in [0.15, 0.2) is 0 Å². The smallest absolute Gasteiger partial charge is 0.251 e. The Hall–Kier alpha value is -2.21. The Kier molecular flexibility index (Phi) is 4.29. The Bertz CT molecular complexity index is 740. The van der Waals surface area contributed by atoms with Gasteiger partial charge < -0.3 is 10.1 Å². The van der Waals surface area contributed by atoms with Gasteiger partial charge in [-0.15, -0.1) is 0 Å². The lowest BCUT2D eigenvalue weighted by Gasteiger charge is -2.61. The first kappa shape index (κ1) is 16.3. The van der Waals surface area contributed by atoms with Gasteiger partial charge in [0.25, 0.3) is 5.91 Å². The fourth-order valence-electron chi connectivity index (χ4n) is 4.25. The van der Waals surface area contributed by atoms with Crippen LogP contribution < -0.4 is 5.32 Å². The van der Waals surface area contributed by atoms with E-state index in [2.05, 4.69) is 15.4 Å². The molecule has 2 saturated carbocycles. The van der Waals surface area contributed by atoms with Gasteiger partial charge in [-0.2, -0.15) is 5.10 Å². The van der Waals surface area contributed by atoms with Crippen LogP contribution in [0.4, 0.5) is 0 Å². The van der Waals surface area contributed by atoms with Gasteiger partial charge in [-0.1, -0.05) is 24.6 Å². The summed E-state index contributed by atoms with van der Waals surface area (Å²) in [6, 6.07) is 7.94. The molecule has 1 N–H and O–H groups in total. The number of nitrogens with zero attached hydrogens (tertiary/aromatic N) is 3. The van der Waals surface area contributed by atoms with Crippen molar-refractivity contribution in [2.45, 2.75) is 51.3 Å². The van der Waals surface area contributed by atoms with E-state index < -0.39 is 0 Å². The van der Waals surface area contributed by atoms with Crippen LogP contribution in [0.25, 0.3) is 0 Å². The van der Waals surface area contributed by atoms with Gasteiger partial charge in [0.2, 0.25) is 0 Å². The quantitative estimate of drug-likeness (QED) is 0.877. The standard InChI is InChI=1S/C19H24N4O2/c1-2-25-17-10-16(19(17)8-5-9-19)22-18(24)15-7-4-3-6-14(15)11-23-13-20-12-21-23/h3-4,6-7,12-13,16-17H,2,5,8-11H2,1H3,(H,22,24)/t16-,17+/m0/s1. The van der Waals surface area contributed by atoms with Crippen LogP contribution in [0.2, 0.25) is 0 Å². The summed E-state index contributed by atoms with van der Waals surface area (Å²) in [5, 5.41) is 7.40. The third kappa shape index (κ3) is 2.84. The topological polar surface area (TPSA) is 69.0 Å². The molecule has 1 aromatic carbocycles. The predicted molar refractivity (Wildman–Crippen MR) is 93.1 cm³/mol. The maximum Gasteiger partial charge on any atom is 0.251 e. The first-order valence-corrected chi connectivity index (χ1v) is 9.06. The zero-order valence-electron chi connectivity index (χ0n) is 14.5. The number of hydrogen-bond donors (Lipinski definition) is 1. The average molecular weight is 340 g/mol. The van der Waals surface area contributed by atoms with Gasteiger partial charge in [0.05, 0.1) is 12.6 Å². The van der Waals surface area contributed by atoms with E-state index in [1.807, 2.05) is 31.2 Å². The molecule has 0 aliphatic heterocycles. The van der Waals surface area contributed by atoms with Gasteiger partial charge in [-0.05, 0) is 37.8 Å². The molecule has 0 bridgehead atoms. The van der Waals surface area contributed by atoms with E-state index in [0.29, 0.717) is 18.2 Å². The highest BCUT2D eigenvalue weighted by Gasteiger charge is 2.59. The van der Waals surface area contributed by atoms with Crippen molar-refractivity contribution in [1.29, 1.82) is 0 Å². The molecular weight excluding hydrogens is 316 g/mol. The van der Waals surface area contributed by atoms with Crippen molar-refractivity contribution in [1.82, 2.24) is 20.1 Å². The monoisotopic (exact) mass is 340 g/mol. The summed E-state index contributed by atoms with van der Waals surface area (Å²) in [6.07, 6.45) is 7.94. The van der Waals surface area contributed by atoms with Crippen molar-refractivity contribution in [2.24, 2.45) is 5.41 Å². The number of amides is 1. The van der Waals surface area contributed by atoms with Crippen molar-refractivity contribution in [3.63, 3.8) is 0 Å². The Morgan fingerprint density at radius 3 is 2.92 bits per heavy atom. The Balaban J connectivity index is 1.47. The van der Waals surface area contributed by atoms with Crippen LogP contribution in [-0.4, -0.2) is 39.4 Å². The number of carbonyl (C=O) groups is 1. The molecule has 1 aromatic heterocycles. The molecule has 1 amide bonds. The minimum absolute atomic E-state index is 0.00180. The van der Waals surface area contributed by atoms with Gasteiger partial charge >= 0.3 is 0 Å². The molecule has 2 aliphatic carbocycles. The van der Waals surface area contributed by atoms with E-state index in [1.165, 1.54) is 12.7 Å². The van der Waals surface area contributed by atoms with E-state index in [0.717, 1.165) is 31.4 Å². The molecule has 0 saturated heterocycles. The van der Waals surface area contributed by atoms with Crippen LogP contribution in [0.1, 0.15) is 48.5 Å². The van der Waals surface area contributed by atoms with E-state index in [-0.39, 0.29) is 17.4 Å². The zero-order valence-corrected chi connectivity index (χ0v) is 14.5. The summed E-state index contributed by atoms with van der Waals surface area (Å²) in [5.74, 6) is 0.00180. The number of nitrogens with one attached hydrogen (secondary N) is 1. The minimum Gasteiger partial charge on any atom is -0.378 e. The van der Waals surface area contributed by atoms with Crippen molar-refractivity contribution in [3.05, 3.63) is 48.0 Å². The van der Waals surface area contributed by atoms with Crippen molar-refractivity contribution in [3.8, 4) is 0 Å². The molecule has 6 nitrogen and oxygen atoms in total.